The van der Waals surface area contributed by atoms with Gasteiger partial charge in [0.2, 0.25) is 9.05 Å². The van der Waals surface area contributed by atoms with Crippen LogP contribution in [0, 0.1) is 0 Å². The summed E-state index contributed by atoms with van der Waals surface area (Å²) in [5.74, 6) is -0.586. The number of rotatable bonds is 5. The average Bonchev–Trinajstić information content (AvgIpc) is 1.81. The van der Waals surface area contributed by atoms with Crippen LogP contribution in [0.1, 0.15) is 26.7 Å². The third-order valence-electron chi connectivity index (χ3n) is 1.14. The number of carbonyl (C=O) groups is 1. The van der Waals surface area contributed by atoms with Crippen molar-refractivity contribution >= 4 is 25.7 Å². The molecule has 78 valence electrons. The maximum absolute atomic E-state index is 10.9. The van der Waals surface area contributed by atoms with Crippen LogP contribution in [-0.4, -0.2) is 26.2 Å². The minimum absolute atomic E-state index is 0.0874. The highest BCUT2D eigenvalue weighted by molar-refractivity contribution is 8.13. The van der Waals surface area contributed by atoms with E-state index in [9.17, 15) is 13.2 Å². The Balaban J connectivity index is 3.61. The normalized spacial score (nSPS) is 11.7. The Morgan fingerprint density at radius 2 is 2.00 bits per heavy atom. The predicted octanol–water partition coefficient (Wildman–Crippen LogP) is 1.29. The highest BCUT2D eigenvalue weighted by Gasteiger charge is 2.09. The third-order valence-corrected chi connectivity index (χ3v) is 2.38. The Morgan fingerprint density at radius 3 is 2.38 bits per heavy atom. The number of hydrogen-bond acceptors (Lipinski definition) is 4. The van der Waals surface area contributed by atoms with E-state index >= 15 is 0 Å². The van der Waals surface area contributed by atoms with Crippen molar-refractivity contribution in [2.24, 2.45) is 0 Å². The highest BCUT2D eigenvalue weighted by atomic mass is 35.7. The van der Waals surface area contributed by atoms with Gasteiger partial charge in [-0.3, -0.25) is 4.79 Å². The van der Waals surface area contributed by atoms with E-state index < -0.39 is 15.0 Å². The molecule has 0 heterocycles. The lowest BCUT2D eigenvalue weighted by Crippen LogP contribution is -2.12. The van der Waals surface area contributed by atoms with Gasteiger partial charge in [0.25, 0.3) is 0 Å². The Hall–Kier alpha value is -0.290. The van der Waals surface area contributed by atoms with Crippen molar-refractivity contribution in [1.29, 1.82) is 0 Å². The van der Waals surface area contributed by atoms with Gasteiger partial charge < -0.3 is 4.74 Å². The van der Waals surface area contributed by atoms with Crippen LogP contribution in [0.2, 0.25) is 0 Å². The summed E-state index contributed by atoms with van der Waals surface area (Å²) in [5, 5.41) is 0. The van der Waals surface area contributed by atoms with Crippen molar-refractivity contribution in [3.63, 3.8) is 0 Å². The van der Waals surface area contributed by atoms with Gasteiger partial charge in [-0.25, -0.2) is 8.42 Å². The lowest BCUT2D eigenvalue weighted by Gasteiger charge is -2.06. The van der Waals surface area contributed by atoms with Gasteiger partial charge in [0.05, 0.1) is 11.9 Å². The molecule has 0 rings (SSSR count). The Kier molecular flexibility index (Phi) is 5.32. The van der Waals surface area contributed by atoms with E-state index in [-0.39, 0.29) is 24.7 Å². The molecule has 0 aromatic rings. The first kappa shape index (κ1) is 12.7. The predicted molar refractivity (Wildman–Crippen MR) is 50.1 cm³/mol. The fourth-order valence-electron chi connectivity index (χ4n) is 0.711. The maximum atomic E-state index is 10.9. The van der Waals surface area contributed by atoms with Crippen LogP contribution < -0.4 is 0 Å². The fourth-order valence-corrected chi connectivity index (χ4v) is 1.53. The highest BCUT2D eigenvalue weighted by Crippen LogP contribution is 2.03. The largest absolute Gasteiger partial charge is 0.463 e. The van der Waals surface area contributed by atoms with Crippen molar-refractivity contribution in [1.82, 2.24) is 0 Å². The molecular weight excluding hydrogens is 216 g/mol. The van der Waals surface area contributed by atoms with Crippen LogP contribution in [0.5, 0.6) is 0 Å². The van der Waals surface area contributed by atoms with E-state index in [0.717, 1.165) is 0 Å². The molecule has 0 amide bonds. The zero-order valence-electron chi connectivity index (χ0n) is 7.62. The van der Waals surface area contributed by atoms with Crippen molar-refractivity contribution in [3.8, 4) is 0 Å². The zero-order valence-corrected chi connectivity index (χ0v) is 9.19. The van der Waals surface area contributed by atoms with Gasteiger partial charge in [-0.2, -0.15) is 0 Å². The molecule has 0 saturated heterocycles. The summed E-state index contributed by atoms with van der Waals surface area (Å²) in [6.45, 7) is 3.46. The van der Waals surface area contributed by atoms with Gasteiger partial charge in [-0.05, 0) is 20.3 Å². The van der Waals surface area contributed by atoms with E-state index in [0.29, 0.717) is 0 Å². The molecule has 0 aromatic carbocycles. The first-order valence-corrected chi connectivity index (χ1v) is 6.41. The van der Waals surface area contributed by atoms with E-state index in [4.69, 9.17) is 15.4 Å². The second kappa shape index (κ2) is 5.44. The molecule has 0 unspecified atom stereocenters. The molecule has 0 fully saturated rings. The van der Waals surface area contributed by atoms with Crippen LogP contribution in [0.3, 0.4) is 0 Å². The number of hydrogen-bond donors (Lipinski definition) is 0. The first-order chi connectivity index (χ1) is 5.81. The molecule has 0 aliphatic rings. The number of halogens is 1. The summed E-state index contributed by atoms with van der Waals surface area (Å²) in [5.41, 5.74) is 0. The molecule has 0 N–H and O–H groups in total. The van der Waals surface area contributed by atoms with Gasteiger partial charge in [0.15, 0.2) is 0 Å². The summed E-state index contributed by atoms with van der Waals surface area (Å²) in [4.78, 5) is 10.9. The van der Waals surface area contributed by atoms with Crippen molar-refractivity contribution in [3.05, 3.63) is 0 Å². The van der Waals surface area contributed by atoms with Gasteiger partial charge >= 0.3 is 5.97 Å². The van der Waals surface area contributed by atoms with E-state index in [1.54, 1.807) is 13.8 Å². The quantitative estimate of drug-likeness (QED) is 0.526. The second-order valence-electron chi connectivity index (χ2n) is 2.89. The average molecular weight is 229 g/mol. The Labute approximate surface area is 82.6 Å². The molecule has 0 spiro atoms. The summed E-state index contributed by atoms with van der Waals surface area (Å²) in [6.07, 6.45) is 0.127. The minimum atomic E-state index is -3.48. The molecule has 0 aliphatic heterocycles. The number of esters is 1. The summed E-state index contributed by atoms with van der Waals surface area (Å²) >= 11 is 0. The molecule has 0 aromatic heterocycles. The monoisotopic (exact) mass is 228 g/mol. The summed E-state index contributed by atoms with van der Waals surface area (Å²) in [6, 6.07) is 0. The Bertz CT molecular complexity index is 258. The van der Waals surface area contributed by atoms with E-state index in [2.05, 4.69) is 0 Å². The van der Waals surface area contributed by atoms with Gasteiger partial charge in [-0.1, -0.05) is 0 Å². The van der Waals surface area contributed by atoms with Crippen LogP contribution in [0.25, 0.3) is 0 Å². The topological polar surface area (TPSA) is 60.4 Å². The molecule has 0 saturated carbocycles. The van der Waals surface area contributed by atoms with Crippen molar-refractivity contribution in [2.75, 3.05) is 5.75 Å². The third kappa shape index (κ3) is 9.63. The SMILES string of the molecule is CC(C)OC(=O)CCCS(=O)(=O)Cl. The fraction of sp³-hybridized carbons (Fsp3) is 0.857. The van der Waals surface area contributed by atoms with Crippen molar-refractivity contribution in [2.45, 2.75) is 32.8 Å². The van der Waals surface area contributed by atoms with Gasteiger partial charge in [-0.15, -0.1) is 0 Å². The Morgan fingerprint density at radius 1 is 1.46 bits per heavy atom. The molecule has 13 heavy (non-hydrogen) atoms. The molecular formula is C7H13ClO4S. The molecule has 0 atom stereocenters. The van der Waals surface area contributed by atoms with Crippen molar-refractivity contribution < 1.29 is 17.9 Å². The number of carbonyl (C=O) groups excluding carboxylic acids is 1. The first-order valence-electron chi connectivity index (χ1n) is 3.93. The van der Waals surface area contributed by atoms with Crippen LogP contribution >= 0.6 is 10.7 Å². The molecule has 0 aliphatic carbocycles. The molecule has 0 radical (unpaired) electrons. The van der Waals surface area contributed by atoms with Crippen LogP contribution in [-0.2, 0) is 18.6 Å². The molecule has 0 bridgehead atoms. The second-order valence-corrected chi connectivity index (χ2v) is 5.78. The lowest BCUT2D eigenvalue weighted by atomic mass is 10.3. The van der Waals surface area contributed by atoms with E-state index in [1.165, 1.54) is 0 Å². The standard InChI is InChI=1S/C7H13ClO4S/c1-6(2)12-7(9)4-3-5-13(8,10)11/h6H,3-5H2,1-2H3. The summed E-state index contributed by atoms with van der Waals surface area (Å²) in [7, 11) is 1.46. The molecule has 6 heteroatoms. The zero-order chi connectivity index (χ0) is 10.5. The van der Waals surface area contributed by atoms with Gasteiger partial charge in [0.1, 0.15) is 0 Å². The van der Waals surface area contributed by atoms with Crippen LogP contribution in [0.4, 0.5) is 0 Å². The maximum Gasteiger partial charge on any atom is 0.306 e. The minimum Gasteiger partial charge on any atom is -0.463 e. The molecule has 4 nitrogen and oxygen atoms in total. The summed E-state index contributed by atoms with van der Waals surface area (Å²) < 4.78 is 25.7. The van der Waals surface area contributed by atoms with E-state index in [1.807, 2.05) is 0 Å². The number of ether oxygens (including phenoxy) is 1. The van der Waals surface area contributed by atoms with Crippen LogP contribution in [0.15, 0.2) is 0 Å². The van der Waals surface area contributed by atoms with Gasteiger partial charge in [0, 0.05) is 17.1 Å². The lowest BCUT2D eigenvalue weighted by molar-refractivity contribution is -0.147. The smallest absolute Gasteiger partial charge is 0.306 e.